The molecule has 0 saturated carbocycles. The molecule has 1 aliphatic rings. The van der Waals surface area contributed by atoms with Crippen molar-refractivity contribution >= 4 is 27.9 Å². The predicted octanol–water partition coefficient (Wildman–Crippen LogP) is 2.47. The first-order valence-electron chi connectivity index (χ1n) is 9.78. The molecule has 8 heteroatoms. The number of hydrogen-bond donors (Lipinski definition) is 5. The van der Waals surface area contributed by atoms with E-state index in [-0.39, 0.29) is 0 Å². The second-order valence-electron chi connectivity index (χ2n) is 7.31. The zero-order valence-corrected chi connectivity index (χ0v) is 16.6. The molecule has 8 nitrogen and oxygen atoms in total. The van der Waals surface area contributed by atoms with E-state index in [2.05, 4.69) is 30.6 Å². The highest BCUT2D eigenvalue weighted by molar-refractivity contribution is 5.85. The number of ether oxygens (including phenoxy) is 1. The Balaban J connectivity index is 1.32. The Labute approximate surface area is 173 Å². The van der Waals surface area contributed by atoms with Crippen molar-refractivity contribution in [2.45, 2.75) is 12.1 Å². The molecule has 0 spiro atoms. The number of imidazole rings is 1. The van der Waals surface area contributed by atoms with Gasteiger partial charge in [-0.15, -0.1) is 0 Å². The minimum Gasteiger partial charge on any atom is -0.497 e. The van der Waals surface area contributed by atoms with Gasteiger partial charge in [0.2, 0.25) is 0 Å². The average Bonchev–Trinajstić information content (AvgIpc) is 3.40. The number of nitrogens with one attached hydrogen (secondary N) is 4. The summed E-state index contributed by atoms with van der Waals surface area (Å²) < 4.78 is 5.34. The van der Waals surface area contributed by atoms with Gasteiger partial charge >= 0.3 is 0 Å². The fourth-order valence-electron chi connectivity index (χ4n) is 3.75. The van der Waals surface area contributed by atoms with Gasteiger partial charge in [-0.3, -0.25) is 4.99 Å². The molecule has 6 N–H and O–H groups in total. The Morgan fingerprint density at radius 3 is 2.97 bits per heavy atom. The van der Waals surface area contributed by atoms with Crippen LogP contribution < -0.4 is 21.1 Å². The maximum atomic E-state index is 6.63. The summed E-state index contributed by atoms with van der Waals surface area (Å²) in [5.41, 5.74) is 10.8. The molecular weight excluding hydrogens is 378 g/mol. The highest BCUT2D eigenvalue weighted by Crippen LogP contribution is 2.24. The van der Waals surface area contributed by atoms with Gasteiger partial charge in [-0.25, -0.2) is 4.98 Å². The van der Waals surface area contributed by atoms with Crippen LogP contribution >= 0.6 is 0 Å². The maximum absolute atomic E-state index is 6.63. The van der Waals surface area contributed by atoms with Gasteiger partial charge in [-0.2, -0.15) is 0 Å². The number of nitrogens with zero attached hydrogens (tertiary/aromatic N) is 2. The van der Waals surface area contributed by atoms with Gasteiger partial charge < -0.3 is 31.1 Å². The third-order valence-corrected chi connectivity index (χ3v) is 5.42. The SMILES string of the molecule is COc1ccc2[nH]cc(CCN=C3NC=CC(N)(c4ccc5nc[nH]c5c4)N3)c2c1. The first kappa shape index (κ1) is 18.3. The van der Waals surface area contributed by atoms with Crippen molar-refractivity contribution in [1.82, 2.24) is 25.6 Å². The molecule has 5 rings (SSSR count). The Morgan fingerprint density at radius 1 is 1.13 bits per heavy atom. The van der Waals surface area contributed by atoms with Crippen molar-refractivity contribution in [3.05, 3.63) is 72.3 Å². The largest absolute Gasteiger partial charge is 0.497 e. The van der Waals surface area contributed by atoms with Crippen LogP contribution in [0, 0.1) is 0 Å². The van der Waals surface area contributed by atoms with Crippen LogP contribution in [0.2, 0.25) is 0 Å². The second-order valence-corrected chi connectivity index (χ2v) is 7.31. The highest BCUT2D eigenvalue weighted by Gasteiger charge is 2.28. The van der Waals surface area contributed by atoms with Gasteiger partial charge in [0.15, 0.2) is 5.96 Å². The second kappa shape index (κ2) is 7.23. The molecule has 30 heavy (non-hydrogen) atoms. The van der Waals surface area contributed by atoms with Crippen molar-refractivity contribution in [3.8, 4) is 5.75 Å². The normalized spacial score (nSPS) is 19.9. The van der Waals surface area contributed by atoms with Gasteiger partial charge in [-0.05, 0) is 54.0 Å². The summed E-state index contributed by atoms with van der Waals surface area (Å²) >= 11 is 0. The van der Waals surface area contributed by atoms with Crippen LogP contribution in [0.4, 0.5) is 0 Å². The van der Waals surface area contributed by atoms with Crippen LogP contribution in [0.25, 0.3) is 21.9 Å². The number of nitrogens with two attached hydrogens (primary N) is 1. The lowest BCUT2D eigenvalue weighted by atomic mass is 9.99. The lowest BCUT2D eigenvalue weighted by molar-refractivity contribution is 0.415. The molecule has 0 amide bonds. The predicted molar refractivity (Wildman–Crippen MR) is 118 cm³/mol. The smallest absolute Gasteiger partial charge is 0.197 e. The number of hydrogen-bond acceptors (Lipinski definition) is 4. The zero-order valence-electron chi connectivity index (χ0n) is 16.6. The van der Waals surface area contributed by atoms with E-state index in [1.165, 1.54) is 5.56 Å². The van der Waals surface area contributed by atoms with Gasteiger partial charge in [-0.1, -0.05) is 6.07 Å². The maximum Gasteiger partial charge on any atom is 0.197 e. The number of aromatic amines is 2. The van der Waals surface area contributed by atoms with E-state index in [9.17, 15) is 0 Å². The van der Waals surface area contributed by atoms with E-state index in [0.717, 1.165) is 39.7 Å². The number of H-pyrrole nitrogens is 2. The average molecular weight is 401 g/mol. The van der Waals surface area contributed by atoms with Gasteiger partial charge in [0, 0.05) is 29.8 Å². The summed E-state index contributed by atoms with van der Waals surface area (Å²) in [7, 11) is 1.68. The van der Waals surface area contributed by atoms with Crippen LogP contribution in [0.3, 0.4) is 0 Å². The number of methoxy groups -OCH3 is 1. The van der Waals surface area contributed by atoms with Crippen LogP contribution in [0.1, 0.15) is 11.1 Å². The van der Waals surface area contributed by atoms with Crippen molar-refractivity contribution in [3.63, 3.8) is 0 Å². The van der Waals surface area contributed by atoms with Crippen LogP contribution in [0.5, 0.6) is 5.75 Å². The Kier molecular flexibility index (Phi) is 4.40. The number of aromatic nitrogens is 3. The molecule has 2 aromatic carbocycles. The lowest BCUT2D eigenvalue weighted by Crippen LogP contribution is -2.57. The monoisotopic (exact) mass is 401 g/mol. The molecule has 0 bridgehead atoms. The number of aliphatic imine (C=N–C) groups is 1. The van der Waals surface area contributed by atoms with E-state index < -0.39 is 5.66 Å². The third kappa shape index (κ3) is 3.27. The molecule has 152 valence electrons. The van der Waals surface area contributed by atoms with E-state index in [4.69, 9.17) is 10.5 Å². The summed E-state index contributed by atoms with van der Waals surface area (Å²) in [6.45, 7) is 0.614. The third-order valence-electron chi connectivity index (χ3n) is 5.42. The molecule has 0 saturated heterocycles. The van der Waals surface area contributed by atoms with E-state index in [1.54, 1.807) is 13.4 Å². The van der Waals surface area contributed by atoms with Crippen molar-refractivity contribution in [1.29, 1.82) is 0 Å². The molecule has 2 aromatic heterocycles. The van der Waals surface area contributed by atoms with Gasteiger partial charge in [0.1, 0.15) is 11.4 Å². The topological polar surface area (TPSA) is 116 Å². The number of guanidine groups is 1. The lowest BCUT2D eigenvalue weighted by Gasteiger charge is -2.32. The Morgan fingerprint density at radius 2 is 2.07 bits per heavy atom. The summed E-state index contributed by atoms with van der Waals surface area (Å²) in [5, 5.41) is 7.60. The van der Waals surface area contributed by atoms with Gasteiger partial charge in [0.05, 0.1) is 24.5 Å². The van der Waals surface area contributed by atoms with E-state index in [1.807, 2.05) is 54.9 Å². The molecule has 0 fully saturated rings. The molecular formula is C22H23N7O. The van der Waals surface area contributed by atoms with Crippen LogP contribution in [-0.4, -0.2) is 34.6 Å². The van der Waals surface area contributed by atoms with Crippen molar-refractivity contribution in [2.75, 3.05) is 13.7 Å². The zero-order chi connectivity index (χ0) is 20.6. The molecule has 1 unspecified atom stereocenters. The number of benzene rings is 2. The van der Waals surface area contributed by atoms with Crippen LogP contribution in [-0.2, 0) is 12.1 Å². The first-order chi connectivity index (χ1) is 14.6. The molecule has 1 aliphatic heterocycles. The minimum atomic E-state index is -0.850. The Hall–Kier alpha value is -3.78. The summed E-state index contributed by atoms with van der Waals surface area (Å²) in [4.78, 5) is 15.4. The summed E-state index contributed by atoms with van der Waals surface area (Å²) in [6.07, 6.45) is 8.20. The number of rotatable bonds is 5. The Bertz CT molecular complexity index is 1270. The quantitative estimate of drug-likeness (QED) is 0.352. The first-order valence-corrected chi connectivity index (χ1v) is 9.78. The standard InChI is InChI=1S/C22H23N7O/c1-30-16-3-5-18-17(11-16)14(12-26-18)6-8-24-21-25-9-7-22(23,29-21)15-2-4-19-20(10-15)28-13-27-19/h2-5,7,9-13,26H,6,8,23H2,1H3,(H,27,28)(H2,24,25,29). The minimum absolute atomic E-state index is 0.614. The van der Waals surface area contributed by atoms with Crippen LogP contribution in [0.15, 0.2) is 66.2 Å². The fraction of sp³-hybridized carbons (Fsp3) is 0.182. The summed E-state index contributed by atoms with van der Waals surface area (Å²) in [5.74, 6) is 1.49. The fourth-order valence-corrected chi connectivity index (χ4v) is 3.75. The highest BCUT2D eigenvalue weighted by atomic mass is 16.5. The number of fused-ring (bicyclic) bond motifs is 2. The van der Waals surface area contributed by atoms with Crippen molar-refractivity contribution in [2.24, 2.45) is 10.7 Å². The van der Waals surface area contributed by atoms with Gasteiger partial charge in [0.25, 0.3) is 0 Å². The molecule has 4 aromatic rings. The molecule has 0 radical (unpaired) electrons. The van der Waals surface area contributed by atoms with E-state index >= 15 is 0 Å². The molecule has 3 heterocycles. The molecule has 1 atom stereocenters. The molecule has 0 aliphatic carbocycles. The van der Waals surface area contributed by atoms with Crippen molar-refractivity contribution < 1.29 is 4.74 Å². The summed E-state index contributed by atoms with van der Waals surface area (Å²) in [6, 6.07) is 12.0. The van der Waals surface area contributed by atoms with E-state index in [0.29, 0.717) is 12.5 Å².